The van der Waals surface area contributed by atoms with Gasteiger partial charge in [-0.1, -0.05) is 66.7 Å². The Balaban J connectivity index is 1.29. The molecule has 10 nitrogen and oxygen atoms in total. The summed E-state index contributed by atoms with van der Waals surface area (Å²) in [6.07, 6.45) is -1.88. The highest BCUT2D eigenvalue weighted by Gasteiger charge is 2.47. The van der Waals surface area contributed by atoms with Crippen molar-refractivity contribution in [3.05, 3.63) is 120 Å². The Morgan fingerprint density at radius 1 is 1.02 bits per heavy atom. The molecule has 0 radical (unpaired) electrons. The number of ether oxygens (including phenoxy) is 1. The average molecular weight is 799 g/mol. The van der Waals surface area contributed by atoms with Crippen molar-refractivity contribution in [2.75, 3.05) is 31.3 Å². The third-order valence-electron chi connectivity index (χ3n) is 9.18. The van der Waals surface area contributed by atoms with Crippen LogP contribution in [0, 0.1) is 11.7 Å². The average Bonchev–Trinajstić information content (AvgIpc) is 3.63. The van der Waals surface area contributed by atoms with Crippen LogP contribution in [0.2, 0.25) is 0 Å². The fraction of sp³-hybridized carbons (Fsp3) is 0.289. The first-order chi connectivity index (χ1) is 25.9. The number of amides is 2. The summed E-state index contributed by atoms with van der Waals surface area (Å²) >= 11 is 2.09. The van der Waals surface area contributed by atoms with E-state index < -0.39 is 77.1 Å². The Hall–Kier alpha value is -4.48. The van der Waals surface area contributed by atoms with Crippen LogP contribution in [0.15, 0.2) is 112 Å². The molecule has 2 amide bonds. The number of fused-ring (bicyclic) bond motifs is 1. The van der Waals surface area contributed by atoms with Crippen molar-refractivity contribution < 1.29 is 41.0 Å². The lowest BCUT2D eigenvalue weighted by molar-refractivity contribution is -0.118. The van der Waals surface area contributed by atoms with Gasteiger partial charge < -0.3 is 20.5 Å². The number of benzene rings is 4. The maximum Gasteiger partial charge on any atom is 0.407 e. The number of thioether (sulfide) groups is 1. The number of carbonyl (C=O) groups is 2. The number of alkyl halides is 2. The highest BCUT2D eigenvalue weighted by atomic mass is 32.2. The van der Waals surface area contributed by atoms with Crippen molar-refractivity contribution in [3.8, 4) is 0 Å². The summed E-state index contributed by atoms with van der Waals surface area (Å²) in [5, 5.41) is 16.0. The second-order valence-corrected chi connectivity index (χ2v) is 16.7. The van der Waals surface area contributed by atoms with Gasteiger partial charge in [0.05, 0.1) is 51.0 Å². The minimum Gasteiger partial charge on any atom is -0.453 e. The van der Waals surface area contributed by atoms with Crippen molar-refractivity contribution >= 4 is 61.0 Å². The monoisotopic (exact) mass is 798 g/mol. The van der Waals surface area contributed by atoms with Crippen LogP contribution in [0.4, 0.5) is 23.7 Å². The van der Waals surface area contributed by atoms with Crippen molar-refractivity contribution in [1.82, 2.24) is 14.6 Å². The molecule has 0 spiro atoms. The molecule has 3 N–H and O–H groups in total. The predicted molar refractivity (Wildman–Crippen MR) is 202 cm³/mol. The van der Waals surface area contributed by atoms with Crippen LogP contribution in [-0.2, 0) is 19.6 Å². The van der Waals surface area contributed by atoms with E-state index in [1.54, 1.807) is 35.8 Å². The van der Waals surface area contributed by atoms with E-state index >= 15 is 4.39 Å². The zero-order valence-corrected chi connectivity index (χ0v) is 31.4. The first kappa shape index (κ1) is 39.2. The number of rotatable bonds is 15. The minimum atomic E-state index is -4.34. The van der Waals surface area contributed by atoms with E-state index in [1.165, 1.54) is 48.8 Å². The van der Waals surface area contributed by atoms with E-state index in [1.807, 2.05) is 36.4 Å². The van der Waals surface area contributed by atoms with Gasteiger partial charge in [0.25, 0.3) is 0 Å². The first-order valence-corrected chi connectivity index (χ1v) is 20.2. The van der Waals surface area contributed by atoms with Gasteiger partial charge in [0.15, 0.2) is 0 Å². The van der Waals surface area contributed by atoms with Gasteiger partial charge in [0.2, 0.25) is 21.9 Å². The molecule has 1 aliphatic rings. The number of carbonyl (C=O) groups excluding carboxylic acids is 2. The molecular formula is C38H37F3N4O6S3. The zero-order chi connectivity index (χ0) is 38.5. The number of aliphatic hydroxyl groups excluding tert-OH is 1. The fourth-order valence-electron chi connectivity index (χ4n) is 6.50. The van der Waals surface area contributed by atoms with Crippen LogP contribution < -0.4 is 10.6 Å². The Labute approximate surface area is 318 Å². The standard InChI is InChI=1S/C38H37F3N4O6S3/c1-51-37(48)44-34(33(25-9-4-2-5-10-25)26-11-6-3-7-12-26)36(47)43-31-14-8-13-29(39)35(31)52-22-27(21-46)45(20-24-18-38(40,41)19-24)54(49,50)28-15-16-30-32(17-28)53-23-42-30/h2-17,23-24,27,33-34,46H,18-22H2,1H3,(H,43,47)(H,44,48)/t27?,34-/m0/s1. The molecule has 284 valence electrons. The number of hydrogen-bond acceptors (Lipinski definition) is 9. The lowest BCUT2D eigenvalue weighted by Crippen LogP contribution is -2.50. The largest absolute Gasteiger partial charge is 0.453 e. The molecule has 16 heteroatoms. The Kier molecular flexibility index (Phi) is 12.3. The molecule has 1 aromatic heterocycles. The third-order valence-corrected chi connectivity index (χ3v) is 13.1. The quantitative estimate of drug-likeness (QED) is 0.0953. The lowest BCUT2D eigenvalue weighted by Gasteiger charge is -2.40. The minimum absolute atomic E-state index is 0.0296. The molecule has 5 aromatic rings. The molecule has 0 bridgehead atoms. The number of nitrogens with zero attached hydrogens (tertiary/aromatic N) is 2. The number of methoxy groups -OCH3 is 1. The second kappa shape index (κ2) is 16.9. The topological polar surface area (TPSA) is 138 Å². The number of halogens is 3. The highest BCUT2D eigenvalue weighted by Crippen LogP contribution is 2.44. The van der Waals surface area contributed by atoms with E-state index in [-0.39, 0.29) is 27.8 Å². The summed E-state index contributed by atoms with van der Waals surface area (Å²) in [5.74, 6) is -5.91. The van der Waals surface area contributed by atoms with Gasteiger partial charge in [-0.15, -0.1) is 23.1 Å². The summed E-state index contributed by atoms with van der Waals surface area (Å²) in [6.45, 7) is -0.984. The fourth-order valence-corrected chi connectivity index (χ4v) is 10.2. The molecule has 6 rings (SSSR count). The molecule has 0 aliphatic heterocycles. The van der Waals surface area contributed by atoms with Crippen molar-refractivity contribution in [1.29, 1.82) is 0 Å². The van der Waals surface area contributed by atoms with E-state index in [2.05, 4.69) is 15.6 Å². The summed E-state index contributed by atoms with van der Waals surface area (Å²) < 4.78 is 78.2. The van der Waals surface area contributed by atoms with Gasteiger partial charge in [0.1, 0.15) is 11.9 Å². The summed E-state index contributed by atoms with van der Waals surface area (Å²) in [7, 11) is -3.18. The van der Waals surface area contributed by atoms with Gasteiger partial charge in [-0.3, -0.25) is 4.79 Å². The number of hydrogen-bond donors (Lipinski definition) is 3. The van der Waals surface area contributed by atoms with Gasteiger partial charge in [0, 0.05) is 31.1 Å². The Bertz CT molecular complexity index is 2150. The lowest BCUT2D eigenvalue weighted by atomic mass is 9.81. The Morgan fingerprint density at radius 3 is 2.30 bits per heavy atom. The van der Waals surface area contributed by atoms with Crippen LogP contribution in [0.3, 0.4) is 0 Å². The number of anilines is 1. The van der Waals surface area contributed by atoms with Gasteiger partial charge in [-0.25, -0.2) is 31.4 Å². The molecule has 0 saturated heterocycles. The molecule has 1 aliphatic carbocycles. The molecular weight excluding hydrogens is 762 g/mol. The maximum atomic E-state index is 15.6. The number of aromatic nitrogens is 1. The van der Waals surface area contributed by atoms with Crippen molar-refractivity contribution in [3.63, 3.8) is 0 Å². The van der Waals surface area contributed by atoms with E-state index in [0.29, 0.717) is 21.3 Å². The van der Waals surface area contributed by atoms with Crippen LogP contribution in [0.1, 0.15) is 29.9 Å². The van der Waals surface area contributed by atoms with Crippen LogP contribution in [-0.4, -0.2) is 78.8 Å². The number of alkyl carbamates (subject to hydrolysis) is 1. The van der Waals surface area contributed by atoms with Crippen molar-refractivity contribution in [2.45, 2.75) is 46.6 Å². The number of sulfonamides is 1. The maximum absolute atomic E-state index is 15.6. The van der Waals surface area contributed by atoms with Crippen LogP contribution >= 0.6 is 23.1 Å². The van der Waals surface area contributed by atoms with Crippen molar-refractivity contribution in [2.24, 2.45) is 5.92 Å². The third kappa shape index (κ3) is 8.90. The van der Waals surface area contributed by atoms with Gasteiger partial charge in [-0.05, 0) is 47.4 Å². The van der Waals surface area contributed by atoms with E-state index in [0.717, 1.165) is 16.1 Å². The molecule has 4 aromatic carbocycles. The smallest absolute Gasteiger partial charge is 0.407 e. The summed E-state index contributed by atoms with van der Waals surface area (Å²) in [5.41, 5.74) is 3.61. The number of nitrogens with one attached hydrogen (secondary N) is 2. The summed E-state index contributed by atoms with van der Waals surface area (Å²) in [4.78, 5) is 30.8. The normalized spacial score (nSPS) is 15.5. The molecule has 54 heavy (non-hydrogen) atoms. The molecule has 1 saturated carbocycles. The Morgan fingerprint density at radius 2 is 1.69 bits per heavy atom. The van der Waals surface area contributed by atoms with Gasteiger partial charge >= 0.3 is 6.09 Å². The zero-order valence-electron chi connectivity index (χ0n) is 28.9. The van der Waals surface area contributed by atoms with Crippen LogP contribution in [0.25, 0.3) is 10.2 Å². The number of aliphatic hydroxyl groups is 1. The molecule has 1 unspecified atom stereocenters. The summed E-state index contributed by atoms with van der Waals surface area (Å²) in [6, 6.07) is 24.1. The molecule has 1 fully saturated rings. The SMILES string of the molecule is COC(=O)N[C@H](C(=O)Nc1cccc(F)c1SCC(CO)N(CC1CC(F)(F)C1)S(=O)(=O)c1ccc2ncsc2c1)C(c1ccccc1)c1ccccc1. The van der Waals surface area contributed by atoms with E-state index in [4.69, 9.17) is 4.74 Å². The molecule has 2 atom stereocenters. The van der Waals surface area contributed by atoms with E-state index in [9.17, 15) is 31.9 Å². The van der Waals surface area contributed by atoms with Crippen LogP contribution in [0.5, 0.6) is 0 Å². The number of thiazole rings is 1. The second-order valence-electron chi connectivity index (χ2n) is 12.9. The first-order valence-electron chi connectivity index (χ1n) is 16.9. The highest BCUT2D eigenvalue weighted by molar-refractivity contribution is 7.99. The predicted octanol–water partition coefficient (Wildman–Crippen LogP) is 7.12. The van der Waals surface area contributed by atoms with Gasteiger partial charge in [-0.2, -0.15) is 4.31 Å². The molecule has 1 heterocycles.